The molecule has 0 aliphatic heterocycles. The summed E-state index contributed by atoms with van der Waals surface area (Å²) in [5, 5.41) is 24.7. The molecule has 3 N–H and O–H groups in total. The topological polar surface area (TPSA) is 117 Å². The summed E-state index contributed by atoms with van der Waals surface area (Å²) >= 11 is 2.11. The molecular weight excluding hydrogens is 611 g/mol. The molecule has 4 aromatic rings. The smallest absolute Gasteiger partial charge is 0.335 e. The van der Waals surface area contributed by atoms with Crippen LogP contribution < -0.4 is 14.9 Å². The van der Waals surface area contributed by atoms with Gasteiger partial charge in [0.1, 0.15) is 6.61 Å². The van der Waals surface area contributed by atoms with E-state index in [1.165, 1.54) is 25.5 Å². The lowest BCUT2D eigenvalue weighted by Gasteiger charge is -2.27. The molecular formula is C30H25IN2O6. The van der Waals surface area contributed by atoms with Crippen LogP contribution in [0.4, 0.5) is 0 Å². The van der Waals surface area contributed by atoms with E-state index in [4.69, 9.17) is 14.6 Å². The van der Waals surface area contributed by atoms with Crippen molar-refractivity contribution in [1.29, 1.82) is 0 Å². The molecule has 1 amide bonds. The fourth-order valence-corrected chi connectivity index (χ4v) is 4.67. The van der Waals surface area contributed by atoms with Crippen molar-refractivity contribution in [2.75, 3.05) is 7.11 Å². The van der Waals surface area contributed by atoms with Crippen molar-refractivity contribution in [3.63, 3.8) is 0 Å². The van der Waals surface area contributed by atoms with Gasteiger partial charge in [0.05, 0.1) is 22.5 Å². The first-order valence-electron chi connectivity index (χ1n) is 11.8. The van der Waals surface area contributed by atoms with E-state index in [0.717, 1.165) is 9.13 Å². The molecule has 9 heteroatoms. The molecule has 0 fully saturated rings. The predicted octanol–water partition coefficient (Wildman–Crippen LogP) is 4.96. The van der Waals surface area contributed by atoms with Gasteiger partial charge < -0.3 is 19.7 Å². The second kappa shape index (κ2) is 12.5. The van der Waals surface area contributed by atoms with Crippen LogP contribution in [0.1, 0.15) is 32.6 Å². The van der Waals surface area contributed by atoms with E-state index in [1.807, 2.05) is 18.2 Å². The number of benzene rings is 4. The fourth-order valence-electron chi connectivity index (χ4n) is 3.89. The second-order valence-electron chi connectivity index (χ2n) is 8.47. The third-order valence-corrected chi connectivity index (χ3v) is 6.73. The number of methoxy groups -OCH3 is 1. The normalized spacial score (nSPS) is 11.3. The Morgan fingerprint density at radius 2 is 1.54 bits per heavy atom. The molecule has 0 bridgehead atoms. The number of rotatable bonds is 10. The van der Waals surface area contributed by atoms with E-state index in [9.17, 15) is 14.7 Å². The van der Waals surface area contributed by atoms with Crippen molar-refractivity contribution in [2.45, 2.75) is 12.2 Å². The first-order valence-corrected chi connectivity index (χ1v) is 12.9. The molecule has 0 saturated heterocycles. The third-order valence-electron chi connectivity index (χ3n) is 5.93. The number of amides is 1. The fraction of sp³-hybridized carbons (Fsp3) is 0.100. The summed E-state index contributed by atoms with van der Waals surface area (Å²) in [6.07, 6.45) is 1.45. The molecule has 8 nitrogen and oxygen atoms in total. The van der Waals surface area contributed by atoms with Crippen LogP contribution in [0.5, 0.6) is 11.5 Å². The van der Waals surface area contributed by atoms with Crippen LogP contribution in [0.3, 0.4) is 0 Å². The summed E-state index contributed by atoms with van der Waals surface area (Å²) in [7, 11) is 1.52. The van der Waals surface area contributed by atoms with Crippen molar-refractivity contribution in [3.05, 3.63) is 128 Å². The van der Waals surface area contributed by atoms with Crippen LogP contribution in [0.25, 0.3) is 0 Å². The van der Waals surface area contributed by atoms with Gasteiger partial charge in [0.25, 0.3) is 5.91 Å². The molecule has 0 unspecified atom stereocenters. The molecule has 4 aromatic carbocycles. The SMILES string of the molecule is COc1cc(/C=N\NC(=O)C(O)(c2ccccc2)c2ccccc2)cc(I)c1OCc1ccc(C(=O)O)cc1. The first-order chi connectivity index (χ1) is 18.8. The lowest BCUT2D eigenvalue weighted by molar-refractivity contribution is -0.136. The Balaban J connectivity index is 1.50. The van der Waals surface area contributed by atoms with Crippen LogP contribution in [0.15, 0.2) is 102 Å². The van der Waals surface area contributed by atoms with Gasteiger partial charge in [0.15, 0.2) is 17.1 Å². The zero-order valence-electron chi connectivity index (χ0n) is 20.9. The maximum absolute atomic E-state index is 13.2. The van der Waals surface area contributed by atoms with Crippen LogP contribution in [0.2, 0.25) is 0 Å². The zero-order chi connectivity index (χ0) is 27.8. The minimum absolute atomic E-state index is 0.201. The van der Waals surface area contributed by atoms with Crippen LogP contribution in [-0.4, -0.2) is 35.4 Å². The number of nitrogens with one attached hydrogen (secondary N) is 1. The molecule has 0 aromatic heterocycles. The van der Waals surface area contributed by atoms with Gasteiger partial charge in [-0.1, -0.05) is 72.8 Å². The third kappa shape index (κ3) is 6.44. The molecule has 0 heterocycles. The number of halogens is 1. The Hall–Kier alpha value is -4.22. The van der Waals surface area contributed by atoms with Gasteiger partial charge in [0, 0.05) is 0 Å². The number of hydrogen-bond acceptors (Lipinski definition) is 6. The zero-order valence-corrected chi connectivity index (χ0v) is 23.0. The molecule has 39 heavy (non-hydrogen) atoms. The molecule has 198 valence electrons. The molecule has 0 radical (unpaired) electrons. The summed E-state index contributed by atoms with van der Waals surface area (Å²) < 4.78 is 12.2. The van der Waals surface area contributed by atoms with Gasteiger partial charge in [-0.2, -0.15) is 5.10 Å². The molecule has 0 aliphatic carbocycles. The van der Waals surface area contributed by atoms with E-state index in [0.29, 0.717) is 28.2 Å². The summed E-state index contributed by atoms with van der Waals surface area (Å²) in [6.45, 7) is 0.216. The lowest BCUT2D eigenvalue weighted by Crippen LogP contribution is -2.43. The second-order valence-corrected chi connectivity index (χ2v) is 9.63. The Labute approximate surface area is 239 Å². The molecule has 0 atom stereocenters. The Morgan fingerprint density at radius 1 is 0.949 bits per heavy atom. The van der Waals surface area contributed by atoms with Crippen molar-refractivity contribution < 1.29 is 29.3 Å². The van der Waals surface area contributed by atoms with Crippen LogP contribution >= 0.6 is 22.6 Å². The number of hydrazone groups is 1. The van der Waals surface area contributed by atoms with E-state index in [1.54, 1.807) is 66.7 Å². The number of carboxylic acids is 1. The molecule has 0 spiro atoms. The highest BCUT2D eigenvalue weighted by Crippen LogP contribution is 2.34. The summed E-state index contributed by atoms with van der Waals surface area (Å²) in [5.74, 6) is -0.713. The first kappa shape index (κ1) is 27.8. The maximum atomic E-state index is 13.2. The number of hydrogen-bond donors (Lipinski definition) is 3. The van der Waals surface area contributed by atoms with Gasteiger partial charge in [-0.25, -0.2) is 10.2 Å². The van der Waals surface area contributed by atoms with Crippen LogP contribution in [0, 0.1) is 3.57 Å². The van der Waals surface area contributed by atoms with Crippen molar-refractivity contribution >= 4 is 40.7 Å². The minimum Gasteiger partial charge on any atom is -0.493 e. The number of ether oxygens (including phenoxy) is 2. The maximum Gasteiger partial charge on any atom is 0.335 e. The highest BCUT2D eigenvalue weighted by atomic mass is 127. The minimum atomic E-state index is -1.94. The summed E-state index contributed by atoms with van der Waals surface area (Å²) in [5.41, 5.74) is 3.00. The van der Waals surface area contributed by atoms with Crippen LogP contribution in [-0.2, 0) is 17.0 Å². The van der Waals surface area contributed by atoms with Gasteiger partial charge in [-0.05, 0) is 69.1 Å². The largest absolute Gasteiger partial charge is 0.493 e. The average molecular weight is 636 g/mol. The quantitative estimate of drug-likeness (QED) is 0.129. The monoisotopic (exact) mass is 636 g/mol. The summed E-state index contributed by atoms with van der Waals surface area (Å²) in [6, 6.07) is 27.3. The Kier molecular flexibility index (Phi) is 8.95. The standard InChI is InChI=1S/C30H25IN2O6/c1-38-26-17-21(16-25(31)27(26)39-19-20-12-14-22(15-13-20)28(34)35)18-32-33-29(36)30(37,23-8-4-2-5-9-23)24-10-6-3-7-11-24/h2-18,37H,19H2,1H3,(H,33,36)(H,34,35)/b32-18-. The highest BCUT2D eigenvalue weighted by Gasteiger charge is 2.39. The van der Waals surface area contributed by atoms with Crippen molar-refractivity contribution in [1.82, 2.24) is 5.43 Å². The van der Waals surface area contributed by atoms with E-state index < -0.39 is 17.5 Å². The number of carbonyl (C=O) groups excluding carboxylic acids is 1. The number of carboxylic acid groups (broad SMARTS) is 1. The van der Waals surface area contributed by atoms with Gasteiger partial charge in [-0.3, -0.25) is 4.79 Å². The van der Waals surface area contributed by atoms with Crippen molar-refractivity contribution in [2.24, 2.45) is 5.10 Å². The number of aliphatic hydroxyl groups is 1. The van der Waals surface area contributed by atoms with E-state index in [-0.39, 0.29) is 12.2 Å². The molecule has 0 aliphatic rings. The predicted molar refractivity (Wildman–Crippen MR) is 155 cm³/mol. The lowest BCUT2D eigenvalue weighted by atomic mass is 9.85. The molecule has 4 rings (SSSR count). The number of carbonyl (C=O) groups is 2. The van der Waals surface area contributed by atoms with Gasteiger partial charge >= 0.3 is 5.97 Å². The van der Waals surface area contributed by atoms with E-state index in [2.05, 4.69) is 33.1 Å². The van der Waals surface area contributed by atoms with Gasteiger partial charge in [-0.15, -0.1) is 0 Å². The highest BCUT2D eigenvalue weighted by molar-refractivity contribution is 14.1. The number of aromatic carboxylic acids is 1. The van der Waals surface area contributed by atoms with E-state index >= 15 is 0 Å². The van der Waals surface area contributed by atoms with Gasteiger partial charge in [0.2, 0.25) is 0 Å². The average Bonchev–Trinajstić information content (AvgIpc) is 2.97. The Bertz CT molecular complexity index is 1440. The summed E-state index contributed by atoms with van der Waals surface area (Å²) in [4.78, 5) is 24.3. The Morgan fingerprint density at radius 3 is 2.08 bits per heavy atom. The van der Waals surface area contributed by atoms with Crippen molar-refractivity contribution in [3.8, 4) is 11.5 Å². The number of nitrogens with zero attached hydrogens (tertiary/aromatic N) is 1. The molecule has 0 saturated carbocycles.